The van der Waals surface area contributed by atoms with E-state index in [-0.39, 0.29) is 24.2 Å². The number of rotatable bonds is 11. The molecule has 38 heavy (non-hydrogen) atoms. The number of hydrogen-bond donors (Lipinski definition) is 0. The molecule has 4 rings (SSSR count). The van der Waals surface area contributed by atoms with E-state index in [1.54, 1.807) is 7.11 Å². The first kappa shape index (κ1) is 29.1. The van der Waals surface area contributed by atoms with Gasteiger partial charge in [0.1, 0.15) is 5.75 Å². The Balaban J connectivity index is 0.00000400. The summed E-state index contributed by atoms with van der Waals surface area (Å²) < 4.78 is 10.6. The van der Waals surface area contributed by atoms with Gasteiger partial charge in [0.25, 0.3) is 0 Å². The van der Waals surface area contributed by atoms with Gasteiger partial charge in [-0.3, -0.25) is 14.5 Å². The standard InChI is InChI=1S/C28H35N5O4.ClH/c1-3-32(20-23-7-5-4-6-8-23)27(34)14-13-26-29-25(30-37-26)21-31-15-17-33(18-16-31)28(35)19-22-9-11-24(36-2)12-10-22;/h4-12H,3,13-21H2,1-2H3;1H. The molecule has 1 saturated heterocycles. The van der Waals surface area contributed by atoms with Crippen LogP contribution in [0.3, 0.4) is 0 Å². The molecule has 0 atom stereocenters. The third-order valence-electron chi connectivity index (χ3n) is 6.62. The highest BCUT2D eigenvalue weighted by Gasteiger charge is 2.23. The Morgan fingerprint density at radius 1 is 1.00 bits per heavy atom. The van der Waals surface area contributed by atoms with Crippen LogP contribution in [0.4, 0.5) is 0 Å². The van der Waals surface area contributed by atoms with Gasteiger partial charge in [-0.2, -0.15) is 4.98 Å². The summed E-state index contributed by atoms with van der Waals surface area (Å²) in [6.45, 7) is 6.64. The van der Waals surface area contributed by atoms with Gasteiger partial charge in [-0.05, 0) is 30.2 Å². The Bertz CT molecular complexity index is 1150. The minimum absolute atomic E-state index is 0. The summed E-state index contributed by atoms with van der Waals surface area (Å²) in [6, 6.07) is 17.6. The van der Waals surface area contributed by atoms with E-state index in [2.05, 4.69) is 15.0 Å². The number of piperazine rings is 1. The van der Waals surface area contributed by atoms with Crippen LogP contribution >= 0.6 is 12.4 Å². The predicted molar refractivity (Wildman–Crippen MR) is 146 cm³/mol. The van der Waals surface area contributed by atoms with Gasteiger partial charge in [-0.25, -0.2) is 0 Å². The molecular formula is C28H36ClN5O4. The van der Waals surface area contributed by atoms with E-state index in [9.17, 15) is 9.59 Å². The molecule has 1 aliphatic rings. The van der Waals surface area contributed by atoms with Crippen molar-refractivity contribution in [3.8, 4) is 5.75 Å². The fourth-order valence-electron chi connectivity index (χ4n) is 4.39. The highest BCUT2D eigenvalue weighted by atomic mass is 35.5. The van der Waals surface area contributed by atoms with Crippen LogP contribution in [0.25, 0.3) is 0 Å². The quantitative estimate of drug-likeness (QED) is 0.367. The summed E-state index contributed by atoms with van der Waals surface area (Å²) in [6.07, 6.45) is 1.14. The van der Waals surface area contributed by atoms with Crippen molar-refractivity contribution in [2.24, 2.45) is 0 Å². The number of carbonyl (C=O) groups is 2. The number of halogens is 1. The van der Waals surface area contributed by atoms with Gasteiger partial charge in [0.2, 0.25) is 17.7 Å². The second-order valence-corrected chi connectivity index (χ2v) is 9.18. The predicted octanol–water partition coefficient (Wildman–Crippen LogP) is 3.37. The second-order valence-electron chi connectivity index (χ2n) is 9.18. The average Bonchev–Trinajstić information content (AvgIpc) is 3.39. The van der Waals surface area contributed by atoms with E-state index in [4.69, 9.17) is 9.26 Å². The molecule has 1 aromatic heterocycles. The number of aryl methyl sites for hydroxylation is 1. The monoisotopic (exact) mass is 541 g/mol. The number of hydrogen-bond acceptors (Lipinski definition) is 7. The van der Waals surface area contributed by atoms with Crippen LogP contribution in [-0.2, 0) is 35.5 Å². The number of nitrogens with zero attached hydrogens (tertiary/aromatic N) is 5. The highest BCUT2D eigenvalue weighted by molar-refractivity contribution is 5.85. The van der Waals surface area contributed by atoms with Crippen LogP contribution in [-0.4, -0.2) is 76.5 Å². The van der Waals surface area contributed by atoms with Crippen molar-refractivity contribution in [2.45, 2.75) is 39.3 Å². The van der Waals surface area contributed by atoms with Crippen LogP contribution < -0.4 is 4.74 Å². The Morgan fingerprint density at radius 2 is 1.71 bits per heavy atom. The Kier molecular flexibility index (Phi) is 11.1. The molecule has 0 unspecified atom stereocenters. The normalized spacial score (nSPS) is 13.6. The molecule has 1 aliphatic heterocycles. The Hall–Kier alpha value is -3.43. The van der Waals surface area contributed by atoms with Gasteiger partial charge in [0, 0.05) is 52.1 Å². The summed E-state index contributed by atoms with van der Waals surface area (Å²) >= 11 is 0. The third-order valence-corrected chi connectivity index (χ3v) is 6.62. The lowest BCUT2D eigenvalue weighted by Crippen LogP contribution is -2.48. The second kappa shape index (κ2) is 14.5. The lowest BCUT2D eigenvalue weighted by Gasteiger charge is -2.34. The van der Waals surface area contributed by atoms with Crippen LogP contribution in [0.2, 0.25) is 0 Å². The zero-order valence-corrected chi connectivity index (χ0v) is 22.9. The van der Waals surface area contributed by atoms with E-state index in [0.717, 1.165) is 30.0 Å². The lowest BCUT2D eigenvalue weighted by atomic mass is 10.1. The van der Waals surface area contributed by atoms with E-state index in [1.807, 2.05) is 71.3 Å². The van der Waals surface area contributed by atoms with E-state index < -0.39 is 0 Å². The SMILES string of the molecule is CCN(Cc1ccccc1)C(=O)CCc1nc(CN2CCN(C(=O)Cc3ccc(OC)cc3)CC2)no1.Cl. The molecule has 0 spiro atoms. The molecule has 2 heterocycles. The molecule has 2 aromatic carbocycles. The fraction of sp³-hybridized carbons (Fsp3) is 0.429. The van der Waals surface area contributed by atoms with Crippen molar-refractivity contribution in [1.82, 2.24) is 24.8 Å². The van der Waals surface area contributed by atoms with Crippen molar-refractivity contribution in [1.29, 1.82) is 0 Å². The minimum Gasteiger partial charge on any atom is -0.497 e. The van der Waals surface area contributed by atoms with Crippen molar-refractivity contribution < 1.29 is 18.8 Å². The number of ether oxygens (including phenoxy) is 1. The highest BCUT2D eigenvalue weighted by Crippen LogP contribution is 2.14. The molecule has 0 saturated carbocycles. The third kappa shape index (κ3) is 8.29. The number of carbonyl (C=O) groups excluding carboxylic acids is 2. The number of benzene rings is 2. The molecule has 0 radical (unpaired) electrons. The zero-order valence-electron chi connectivity index (χ0n) is 22.0. The largest absolute Gasteiger partial charge is 0.497 e. The van der Waals surface area contributed by atoms with Gasteiger partial charge in [-0.1, -0.05) is 47.6 Å². The van der Waals surface area contributed by atoms with Crippen LogP contribution in [0.15, 0.2) is 59.1 Å². The number of amides is 2. The molecule has 204 valence electrons. The summed E-state index contributed by atoms with van der Waals surface area (Å²) in [4.78, 5) is 35.8. The smallest absolute Gasteiger partial charge is 0.227 e. The molecule has 2 amide bonds. The first-order chi connectivity index (χ1) is 18.0. The van der Waals surface area contributed by atoms with Gasteiger partial charge < -0.3 is 19.1 Å². The van der Waals surface area contributed by atoms with Crippen LogP contribution in [0.5, 0.6) is 5.75 Å². The average molecular weight is 542 g/mol. The maximum atomic E-state index is 12.7. The fourth-order valence-corrected chi connectivity index (χ4v) is 4.39. The maximum absolute atomic E-state index is 12.7. The summed E-state index contributed by atoms with van der Waals surface area (Å²) in [7, 11) is 1.63. The summed E-state index contributed by atoms with van der Waals surface area (Å²) in [5.74, 6) is 2.07. The zero-order chi connectivity index (χ0) is 26.0. The Morgan fingerprint density at radius 3 is 2.37 bits per heavy atom. The van der Waals surface area contributed by atoms with Gasteiger partial charge >= 0.3 is 0 Å². The maximum Gasteiger partial charge on any atom is 0.227 e. The van der Waals surface area contributed by atoms with E-state index in [1.165, 1.54) is 0 Å². The van der Waals surface area contributed by atoms with Crippen molar-refractivity contribution in [2.75, 3.05) is 39.8 Å². The van der Waals surface area contributed by atoms with Crippen molar-refractivity contribution in [3.63, 3.8) is 0 Å². The minimum atomic E-state index is 0. The Labute approximate surface area is 230 Å². The molecular weight excluding hydrogens is 506 g/mol. The molecule has 0 N–H and O–H groups in total. The number of methoxy groups -OCH3 is 1. The lowest BCUT2D eigenvalue weighted by molar-refractivity contribution is -0.132. The van der Waals surface area contributed by atoms with Gasteiger partial charge in [-0.15, -0.1) is 12.4 Å². The van der Waals surface area contributed by atoms with Gasteiger partial charge in [0.05, 0.1) is 20.1 Å². The van der Waals surface area contributed by atoms with Crippen LogP contribution in [0.1, 0.15) is 36.2 Å². The molecule has 3 aromatic rings. The van der Waals surface area contributed by atoms with Gasteiger partial charge in [0.15, 0.2) is 5.82 Å². The van der Waals surface area contributed by atoms with E-state index in [0.29, 0.717) is 63.7 Å². The summed E-state index contributed by atoms with van der Waals surface area (Å²) in [5, 5.41) is 4.10. The molecule has 1 fully saturated rings. The molecule has 10 heteroatoms. The molecule has 9 nitrogen and oxygen atoms in total. The first-order valence-corrected chi connectivity index (χ1v) is 12.8. The van der Waals surface area contributed by atoms with Crippen molar-refractivity contribution in [3.05, 3.63) is 77.4 Å². The number of aromatic nitrogens is 2. The van der Waals surface area contributed by atoms with Crippen LogP contribution in [0, 0.1) is 0 Å². The summed E-state index contributed by atoms with van der Waals surface area (Å²) in [5.41, 5.74) is 2.09. The van der Waals surface area contributed by atoms with E-state index >= 15 is 0 Å². The molecule has 0 aliphatic carbocycles. The van der Waals surface area contributed by atoms with Crippen molar-refractivity contribution >= 4 is 24.2 Å². The molecule has 0 bridgehead atoms. The topological polar surface area (TPSA) is 92.0 Å². The first-order valence-electron chi connectivity index (χ1n) is 12.8.